The van der Waals surface area contributed by atoms with E-state index in [-0.39, 0.29) is 24.2 Å². The van der Waals surface area contributed by atoms with Crippen molar-refractivity contribution in [2.24, 2.45) is 0 Å². The van der Waals surface area contributed by atoms with Crippen molar-refractivity contribution < 1.29 is 19.4 Å². The average molecular weight is 489 g/mol. The van der Waals surface area contributed by atoms with Gasteiger partial charge in [-0.1, -0.05) is 42.1 Å². The molecule has 2 heterocycles. The second kappa shape index (κ2) is 9.71. The number of carbonyl (C=O) groups is 1. The van der Waals surface area contributed by atoms with Crippen LogP contribution in [0.2, 0.25) is 0 Å². The Labute approximate surface area is 206 Å². The van der Waals surface area contributed by atoms with Gasteiger partial charge in [0.05, 0.1) is 17.0 Å². The zero-order valence-electron chi connectivity index (χ0n) is 19.3. The van der Waals surface area contributed by atoms with Crippen LogP contribution in [0.15, 0.2) is 65.8 Å². The number of ether oxygens (including phenoxy) is 2. The van der Waals surface area contributed by atoms with Gasteiger partial charge >= 0.3 is 0 Å². The van der Waals surface area contributed by atoms with Crippen LogP contribution in [0.1, 0.15) is 16.7 Å². The molecule has 1 aromatic heterocycles. The summed E-state index contributed by atoms with van der Waals surface area (Å²) in [6.07, 6.45) is 0. The number of fused-ring (bicyclic) bond motifs is 1. The summed E-state index contributed by atoms with van der Waals surface area (Å²) in [7, 11) is 0. The second-order valence-corrected chi connectivity index (χ2v) is 9.07. The number of para-hydroxylation sites is 1. The summed E-state index contributed by atoms with van der Waals surface area (Å²) >= 11 is 1.29. The molecule has 0 saturated carbocycles. The van der Waals surface area contributed by atoms with Crippen LogP contribution >= 0.6 is 11.8 Å². The number of nitrogens with zero attached hydrogens (tertiary/aromatic N) is 3. The molecule has 0 saturated heterocycles. The number of aromatic nitrogens is 3. The van der Waals surface area contributed by atoms with Crippen molar-refractivity contribution in [3.05, 3.63) is 77.4 Å². The Morgan fingerprint density at radius 3 is 2.74 bits per heavy atom. The van der Waals surface area contributed by atoms with Crippen molar-refractivity contribution in [2.75, 3.05) is 12.5 Å². The van der Waals surface area contributed by atoms with E-state index in [4.69, 9.17) is 9.47 Å². The molecule has 35 heavy (non-hydrogen) atoms. The topological polar surface area (TPSA) is 98.5 Å². The van der Waals surface area contributed by atoms with Crippen LogP contribution < -0.4 is 14.8 Å². The molecular formula is C26H24N4O4S. The molecule has 1 amide bonds. The molecule has 3 aromatic carbocycles. The summed E-state index contributed by atoms with van der Waals surface area (Å²) in [6.45, 7) is 4.67. The van der Waals surface area contributed by atoms with Crippen LogP contribution in [0.3, 0.4) is 0 Å². The van der Waals surface area contributed by atoms with E-state index < -0.39 is 0 Å². The van der Waals surface area contributed by atoms with Crippen molar-refractivity contribution in [3.8, 4) is 34.3 Å². The number of phenolic OH excluding ortho intramolecular Hbond substituents is 1. The van der Waals surface area contributed by atoms with Crippen molar-refractivity contribution in [1.29, 1.82) is 0 Å². The highest BCUT2D eigenvalue weighted by Crippen LogP contribution is 2.34. The van der Waals surface area contributed by atoms with Crippen LogP contribution in [0.25, 0.3) is 17.1 Å². The maximum absolute atomic E-state index is 12.6. The third-order valence-electron chi connectivity index (χ3n) is 5.85. The minimum absolute atomic E-state index is 0.115. The van der Waals surface area contributed by atoms with E-state index in [1.165, 1.54) is 11.8 Å². The maximum atomic E-state index is 12.6. The monoisotopic (exact) mass is 488 g/mol. The highest BCUT2D eigenvalue weighted by atomic mass is 32.2. The van der Waals surface area contributed by atoms with Gasteiger partial charge in [0, 0.05) is 6.54 Å². The predicted molar refractivity (Wildman–Crippen MR) is 133 cm³/mol. The Morgan fingerprint density at radius 2 is 1.89 bits per heavy atom. The number of hydrogen-bond donors (Lipinski definition) is 2. The first-order valence-corrected chi connectivity index (χ1v) is 12.1. The molecule has 8 nitrogen and oxygen atoms in total. The SMILES string of the molecule is Cc1cccc(-n2c(SCC(=O)NCc3ccc4c(c3)OCO4)nnc2-c2ccccc2O)c1C. The number of hydrogen-bond acceptors (Lipinski definition) is 7. The van der Waals surface area contributed by atoms with Gasteiger partial charge in [0.25, 0.3) is 0 Å². The van der Waals surface area contributed by atoms with Gasteiger partial charge in [-0.3, -0.25) is 9.36 Å². The van der Waals surface area contributed by atoms with Gasteiger partial charge in [-0.25, -0.2) is 0 Å². The van der Waals surface area contributed by atoms with E-state index in [0.29, 0.717) is 34.6 Å². The predicted octanol–water partition coefficient (Wildman–Crippen LogP) is 4.39. The lowest BCUT2D eigenvalue weighted by molar-refractivity contribution is -0.118. The normalized spacial score (nSPS) is 12.1. The maximum Gasteiger partial charge on any atom is 0.231 e. The number of thioether (sulfide) groups is 1. The Bertz CT molecular complexity index is 1400. The third-order valence-corrected chi connectivity index (χ3v) is 6.78. The molecule has 0 bridgehead atoms. The lowest BCUT2D eigenvalue weighted by atomic mass is 10.1. The van der Waals surface area contributed by atoms with Crippen molar-refractivity contribution >= 4 is 17.7 Å². The van der Waals surface area contributed by atoms with Crippen molar-refractivity contribution in [2.45, 2.75) is 25.5 Å². The van der Waals surface area contributed by atoms with Gasteiger partial charge in [0.15, 0.2) is 22.5 Å². The molecule has 0 atom stereocenters. The molecule has 5 rings (SSSR count). The van der Waals surface area contributed by atoms with E-state index in [1.54, 1.807) is 18.2 Å². The molecular weight excluding hydrogens is 464 g/mol. The van der Waals surface area contributed by atoms with Gasteiger partial charge in [-0.15, -0.1) is 10.2 Å². The van der Waals surface area contributed by atoms with E-state index in [2.05, 4.69) is 15.5 Å². The Morgan fingerprint density at radius 1 is 1.06 bits per heavy atom. The largest absolute Gasteiger partial charge is 0.507 e. The van der Waals surface area contributed by atoms with Gasteiger partial charge in [-0.2, -0.15) is 0 Å². The quantitative estimate of drug-likeness (QED) is 0.372. The molecule has 0 radical (unpaired) electrons. The zero-order chi connectivity index (χ0) is 24.4. The first-order chi connectivity index (χ1) is 17.0. The number of amides is 1. The minimum Gasteiger partial charge on any atom is -0.507 e. The van der Waals surface area contributed by atoms with E-state index in [1.807, 2.05) is 60.9 Å². The fourth-order valence-corrected chi connectivity index (χ4v) is 4.60. The summed E-state index contributed by atoms with van der Waals surface area (Å²) in [6, 6.07) is 18.6. The smallest absolute Gasteiger partial charge is 0.231 e. The second-order valence-electron chi connectivity index (χ2n) is 8.13. The first kappa shape index (κ1) is 22.8. The standard InChI is InChI=1S/C26H24N4O4S/c1-16-6-5-8-20(17(16)2)30-25(19-7-3-4-9-21(19)31)28-29-26(30)35-14-24(32)27-13-18-10-11-22-23(12-18)34-15-33-22/h3-12,31H,13-15H2,1-2H3,(H,27,32). The van der Waals surface area contributed by atoms with Crippen LogP contribution in [-0.4, -0.2) is 38.3 Å². The molecule has 0 aliphatic carbocycles. The number of aryl methyl sites for hydroxylation is 1. The molecule has 178 valence electrons. The zero-order valence-corrected chi connectivity index (χ0v) is 20.1. The number of phenols is 1. The first-order valence-electron chi connectivity index (χ1n) is 11.1. The van der Waals surface area contributed by atoms with Gasteiger partial charge in [-0.05, 0) is 60.9 Å². The molecule has 0 fully saturated rings. The lowest BCUT2D eigenvalue weighted by Crippen LogP contribution is -2.24. The Kier molecular flexibility index (Phi) is 6.33. The summed E-state index contributed by atoms with van der Waals surface area (Å²) in [4.78, 5) is 12.6. The number of aromatic hydroxyl groups is 1. The van der Waals surface area contributed by atoms with Gasteiger partial charge < -0.3 is 19.9 Å². The fraction of sp³-hybridized carbons (Fsp3) is 0.192. The summed E-state index contributed by atoms with van der Waals surface area (Å²) in [5.74, 6) is 2.05. The molecule has 2 N–H and O–H groups in total. The Balaban J connectivity index is 1.36. The molecule has 0 spiro atoms. The summed E-state index contributed by atoms with van der Waals surface area (Å²) in [5, 5.41) is 22.7. The molecule has 4 aromatic rings. The highest BCUT2D eigenvalue weighted by molar-refractivity contribution is 7.99. The highest BCUT2D eigenvalue weighted by Gasteiger charge is 2.21. The number of nitrogens with one attached hydrogen (secondary N) is 1. The van der Waals surface area contributed by atoms with Crippen LogP contribution in [0, 0.1) is 13.8 Å². The van der Waals surface area contributed by atoms with Crippen molar-refractivity contribution in [1.82, 2.24) is 20.1 Å². The van der Waals surface area contributed by atoms with Gasteiger partial charge in [0.1, 0.15) is 5.75 Å². The number of benzene rings is 3. The fourth-order valence-electron chi connectivity index (χ4n) is 3.83. The molecule has 9 heteroatoms. The number of rotatable bonds is 7. The molecule has 1 aliphatic heterocycles. The minimum atomic E-state index is -0.132. The van der Waals surface area contributed by atoms with Gasteiger partial charge in [0.2, 0.25) is 12.7 Å². The van der Waals surface area contributed by atoms with E-state index in [9.17, 15) is 9.90 Å². The summed E-state index contributed by atoms with van der Waals surface area (Å²) in [5.41, 5.74) is 4.58. The lowest BCUT2D eigenvalue weighted by Gasteiger charge is -2.15. The summed E-state index contributed by atoms with van der Waals surface area (Å²) < 4.78 is 12.6. The van der Waals surface area contributed by atoms with Crippen molar-refractivity contribution in [3.63, 3.8) is 0 Å². The van der Waals surface area contributed by atoms with Crippen LogP contribution in [0.4, 0.5) is 0 Å². The van der Waals surface area contributed by atoms with Crippen LogP contribution in [-0.2, 0) is 11.3 Å². The molecule has 1 aliphatic rings. The van der Waals surface area contributed by atoms with Crippen LogP contribution in [0.5, 0.6) is 17.2 Å². The number of carbonyl (C=O) groups excluding carboxylic acids is 1. The van der Waals surface area contributed by atoms with E-state index in [0.717, 1.165) is 22.4 Å². The van der Waals surface area contributed by atoms with E-state index >= 15 is 0 Å². The molecule has 0 unspecified atom stereocenters. The third kappa shape index (κ3) is 4.67. The Hall–Kier alpha value is -3.98. The average Bonchev–Trinajstić information content (AvgIpc) is 3.50.